The normalized spacial score (nSPS) is 17.7. The van der Waals surface area contributed by atoms with Gasteiger partial charge in [-0.3, -0.25) is 19.0 Å². The summed E-state index contributed by atoms with van der Waals surface area (Å²) < 4.78 is 67.2. The Bertz CT molecular complexity index is 1870. The molecule has 45 heavy (non-hydrogen) atoms. The topological polar surface area (TPSA) is 156 Å². The van der Waals surface area contributed by atoms with Gasteiger partial charge in [-0.1, -0.05) is 54.3 Å². The van der Waals surface area contributed by atoms with Gasteiger partial charge >= 0.3 is 5.97 Å². The average molecular weight is 691 g/mol. The van der Waals surface area contributed by atoms with E-state index < -0.39 is 31.8 Å². The summed E-state index contributed by atoms with van der Waals surface area (Å²) in [6.45, 7) is 2.08. The van der Waals surface area contributed by atoms with Gasteiger partial charge in [-0.05, 0) is 50.1 Å². The van der Waals surface area contributed by atoms with Gasteiger partial charge in [-0.2, -0.15) is 17.8 Å². The number of hydrogen-bond acceptors (Lipinski definition) is 10. The Hall–Kier alpha value is -3.41. The summed E-state index contributed by atoms with van der Waals surface area (Å²) in [5.74, 6) is -1.83. The third-order valence-electron chi connectivity index (χ3n) is 7.32. The molecule has 3 heterocycles. The van der Waals surface area contributed by atoms with Crippen LogP contribution in [0, 0.1) is 5.92 Å². The molecule has 1 N–H and O–H groups in total. The number of esters is 1. The Balaban J connectivity index is 1.47. The van der Waals surface area contributed by atoms with Crippen LogP contribution in [0.4, 0.5) is 0 Å². The van der Waals surface area contributed by atoms with Crippen LogP contribution in [0.3, 0.4) is 0 Å². The van der Waals surface area contributed by atoms with Gasteiger partial charge in [-0.15, -0.1) is 0 Å². The van der Waals surface area contributed by atoms with Crippen LogP contribution in [0.25, 0.3) is 23.0 Å². The third kappa shape index (κ3) is 7.53. The first-order valence-corrected chi connectivity index (χ1v) is 18.3. The van der Waals surface area contributed by atoms with Crippen molar-refractivity contribution >= 4 is 66.4 Å². The molecular weight excluding hydrogens is 661 g/mol. The molecule has 2 aromatic carbocycles. The van der Waals surface area contributed by atoms with E-state index in [9.17, 15) is 26.4 Å². The van der Waals surface area contributed by atoms with Crippen LogP contribution in [-0.2, 0) is 34.5 Å². The van der Waals surface area contributed by atoms with E-state index in [1.807, 2.05) is 30.3 Å². The SMILES string of the molecule is CCOC(=O)C1CCN(S(=O)(=O)c2cccc(-c3nn(-c4ccccc4)cc3C=C3SC(=S)N(CCS(=O)(=O)O)C3=O)c2)CC1. The second-order valence-corrected chi connectivity index (χ2v) is 15.5. The molecule has 16 heteroatoms. The quantitative estimate of drug-likeness (QED) is 0.144. The number of benzene rings is 2. The summed E-state index contributed by atoms with van der Waals surface area (Å²) in [4.78, 5) is 26.7. The number of nitrogens with zero attached hydrogens (tertiary/aromatic N) is 4. The molecule has 0 saturated carbocycles. The molecule has 0 radical (unpaired) electrons. The molecule has 238 valence electrons. The molecule has 12 nitrogen and oxygen atoms in total. The van der Waals surface area contributed by atoms with Crippen molar-refractivity contribution in [3.05, 3.63) is 71.3 Å². The second kappa shape index (κ2) is 13.5. The van der Waals surface area contributed by atoms with E-state index in [4.69, 9.17) is 26.6 Å². The van der Waals surface area contributed by atoms with Crippen LogP contribution >= 0.6 is 24.0 Å². The number of piperidine rings is 1. The maximum atomic E-state index is 13.7. The van der Waals surface area contributed by atoms with Gasteiger partial charge in [-0.25, -0.2) is 13.1 Å². The van der Waals surface area contributed by atoms with Crippen LogP contribution < -0.4 is 0 Å². The molecule has 2 aliphatic heterocycles. The van der Waals surface area contributed by atoms with Gasteiger partial charge in [0.1, 0.15) is 10.0 Å². The number of thiocarbonyl (C=S) groups is 1. The molecule has 3 aromatic rings. The fourth-order valence-electron chi connectivity index (χ4n) is 5.02. The van der Waals surface area contributed by atoms with E-state index in [0.29, 0.717) is 29.7 Å². The Morgan fingerprint density at radius 2 is 1.82 bits per heavy atom. The lowest BCUT2D eigenvalue weighted by atomic mass is 9.98. The lowest BCUT2D eigenvalue weighted by Gasteiger charge is -2.30. The van der Waals surface area contributed by atoms with Crippen molar-refractivity contribution < 1.29 is 35.7 Å². The average Bonchev–Trinajstić information content (AvgIpc) is 3.56. The molecule has 2 fully saturated rings. The predicted molar refractivity (Wildman–Crippen MR) is 173 cm³/mol. The largest absolute Gasteiger partial charge is 0.466 e. The number of amides is 1. The molecule has 0 bridgehead atoms. The molecule has 1 amide bonds. The fraction of sp³-hybridized carbons (Fsp3) is 0.310. The van der Waals surface area contributed by atoms with Gasteiger partial charge in [0.25, 0.3) is 16.0 Å². The minimum atomic E-state index is -4.31. The maximum Gasteiger partial charge on any atom is 0.309 e. The van der Waals surface area contributed by atoms with Crippen LogP contribution in [0.15, 0.2) is 70.6 Å². The van der Waals surface area contributed by atoms with Crippen molar-refractivity contribution in [2.24, 2.45) is 5.92 Å². The van der Waals surface area contributed by atoms with Gasteiger partial charge in [0.15, 0.2) is 0 Å². The number of rotatable bonds is 10. The summed E-state index contributed by atoms with van der Waals surface area (Å²) in [5.41, 5.74) is 2.12. The molecule has 0 atom stereocenters. The Kier molecular flexibility index (Phi) is 9.91. The first-order chi connectivity index (χ1) is 21.4. The van der Waals surface area contributed by atoms with E-state index in [2.05, 4.69) is 0 Å². The van der Waals surface area contributed by atoms with E-state index in [-0.39, 0.29) is 52.2 Å². The second-order valence-electron chi connectivity index (χ2n) is 10.3. The Morgan fingerprint density at radius 3 is 2.49 bits per heavy atom. The summed E-state index contributed by atoms with van der Waals surface area (Å²) in [7, 11) is -8.20. The first-order valence-electron chi connectivity index (χ1n) is 14.0. The molecule has 0 spiro atoms. The predicted octanol–water partition coefficient (Wildman–Crippen LogP) is 3.59. The highest BCUT2D eigenvalue weighted by molar-refractivity contribution is 8.26. The monoisotopic (exact) mass is 690 g/mol. The lowest BCUT2D eigenvalue weighted by molar-refractivity contribution is -0.149. The number of carbonyl (C=O) groups is 2. The third-order valence-corrected chi connectivity index (χ3v) is 11.3. The molecule has 2 saturated heterocycles. The van der Waals surface area contributed by atoms with E-state index in [1.54, 1.807) is 36.0 Å². The molecule has 2 aliphatic rings. The van der Waals surface area contributed by atoms with Gasteiger partial charge in [0, 0.05) is 37.0 Å². The lowest BCUT2D eigenvalue weighted by Crippen LogP contribution is -2.40. The highest BCUT2D eigenvalue weighted by atomic mass is 32.2. The smallest absolute Gasteiger partial charge is 0.309 e. The first kappa shape index (κ1) is 33.0. The zero-order valence-corrected chi connectivity index (χ0v) is 27.4. The number of carbonyl (C=O) groups excluding carboxylic acids is 2. The van der Waals surface area contributed by atoms with E-state index >= 15 is 0 Å². The number of para-hydroxylation sites is 1. The van der Waals surface area contributed by atoms with Gasteiger partial charge in [0.05, 0.1) is 33.8 Å². The summed E-state index contributed by atoms with van der Waals surface area (Å²) in [6, 6.07) is 15.6. The van der Waals surface area contributed by atoms with Crippen molar-refractivity contribution in [3.63, 3.8) is 0 Å². The molecular formula is C29H30N4O8S4. The number of ether oxygens (including phenoxy) is 1. The highest BCUT2D eigenvalue weighted by Crippen LogP contribution is 2.35. The van der Waals surface area contributed by atoms with E-state index in [1.165, 1.54) is 16.4 Å². The zero-order valence-electron chi connectivity index (χ0n) is 24.1. The van der Waals surface area contributed by atoms with E-state index in [0.717, 1.165) is 22.3 Å². The zero-order chi connectivity index (χ0) is 32.4. The maximum absolute atomic E-state index is 13.7. The Labute approximate surface area is 270 Å². The van der Waals surface area contributed by atoms with Crippen molar-refractivity contribution in [2.45, 2.75) is 24.7 Å². The van der Waals surface area contributed by atoms with Gasteiger partial charge in [0.2, 0.25) is 10.0 Å². The highest BCUT2D eigenvalue weighted by Gasteiger charge is 2.34. The number of aromatic nitrogens is 2. The van der Waals surface area contributed by atoms with Crippen LogP contribution in [-0.4, -0.2) is 88.6 Å². The van der Waals surface area contributed by atoms with Crippen LogP contribution in [0.2, 0.25) is 0 Å². The molecule has 1 aromatic heterocycles. The van der Waals surface area contributed by atoms with Crippen molar-refractivity contribution in [3.8, 4) is 16.9 Å². The van der Waals surface area contributed by atoms with Crippen molar-refractivity contribution in [1.29, 1.82) is 0 Å². The number of sulfonamides is 1. The number of thioether (sulfide) groups is 1. The number of hydrogen-bond donors (Lipinski definition) is 1. The molecule has 5 rings (SSSR count). The van der Waals surface area contributed by atoms with Crippen molar-refractivity contribution in [2.75, 3.05) is 32.0 Å². The summed E-state index contributed by atoms with van der Waals surface area (Å²) >= 11 is 6.28. The van der Waals surface area contributed by atoms with Gasteiger partial charge < -0.3 is 4.74 Å². The van der Waals surface area contributed by atoms with Crippen LogP contribution in [0.1, 0.15) is 25.3 Å². The molecule has 0 aliphatic carbocycles. The minimum Gasteiger partial charge on any atom is -0.466 e. The fourth-order valence-corrected chi connectivity index (χ4v) is 8.24. The standard InChI is InChI=1S/C29H30N4O8S4/c1-2-41-28(35)20-11-13-31(14-12-20)45(39,40)24-10-6-7-21(17-24)26-22(19-33(30-26)23-8-4-3-5-9-23)18-25-27(34)32(29(42)43-25)15-16-44(36,37)38/h3-10,17-20H,2,11-16H2,1H3,(H,36,37,38). The molecule has 0 unspecified atom stereocenters. The summed E-state index contributed by atoms with van der Waals surface area (Å²) in [5, 5.41) is 4.74. The van der Waals surface area contributed by atoms with Crippen LogP contribution in [0.5, 0.6) is 0 Å². The van der Waals surface area contributed by atoms with Crippen molar-refractivity contribution in [1.82, 2.24) is 19.0 Å². The minimum absolute atomic E-state index is 0.0614. The Morgan fingerprint density at radius 1 is 1.11 bits per heavy atom. The summed E-state index contributed by atoms with van der Waals surface area (Å²) in [6.07, 6.45) is 4.02.